The Kier molecular flexibility index (Phi) is 7.25. The quantitative estimate of drug-likeness (QED) is 0.720. The zero-order valence-corrected chi connectivity index (χ0v) is 16.8. The van der Waals surface area contributed by atoms with Crippen molar-refractivity contribution in [2.24, 2.45) is 0 Å². The molecule has 0 bridgehead atoms. The Morgan fingerprint density at radius 3 is 2.42 bits per heavy atom. The topological polar surface area (TPSA) is 75.3 Å². The van der Waals surface area contributed by atoms with Gasteiger partial charge in [0.2, 0.25) is 15.9 Å². The summed E-state index contributed by atoms with van der Waals surface area (Å²) in [5.74, 6) is 0.995. The first-order chi connectivity index (χ1) is 12.3. The summed E-state index contributed by atoms with van der Waals surface area (Å²) in [5, 5.41) is 2.78. The molecule has 0 spiro atoms. The van der Waals surface area contributed by atoms with Gasteiger partial charge in [-0.25, -0.2) is 13.1 Å². The van der Waals surface area contributed by atoms with E-state index in [0.29, 0.717) is 11.4 Å². The summed E-state index contributed by atoms with van der Waals surface area (Å²) in [6, 6.07) is 14.2. The van der Waals surface area contributed by atoms with Crippen LogP contribution in [-0.4, -0.2) is 26.1 Å². The molecule has 0 aliphatic rings. The van der Waals surface area contributed by atoms with Gasteiger partial charge in [0.1, 0.15) is 0 Å². The van der Waals surface area contributed by atoms with Crippen LogP contribution < -0.4 is 10.0 Å². The fourth-order valence-electron chi connectivity index (χ4n) is 2.36. The Hall–Kier alpha value is -1.83. The van der Waals surface area contributed by atoms with Crippen LogP contribution in [0.15, 0.2) is 53.4 Å². The molecule has 2 N–H and O–H groups in total. The zero-order chi connectivity index (χ0) is 19.2. The molecule has 140 valence electrons. The Bertz CT molecular complexity index is 847. The highest BCUT2D eigenvalue weighted by molar-refractivity contribution is 7.99. The molecule has 0 aliphatic heterocycles. The van der Waals surface area contributed by atoms with Crippen molar-refractivity contribution in [1.29, 1.82) is 0 Å². The number of nitrogens with one attached hydrogen (secondary N) is 2. The molecule has 0 aliphatic carbocycles. The summed E-state index contributed by atoms with van der Waals surface area (Å²) in [6.07, 6.45) is 0. The minimum atomic E-state index is -3.52. The predicted molar refractivity (Wildman–Crippen MR) is 108 cm³/mol. The van der Waals surface area contributed by atoms with Crippen LogP contribution in [0.5, 0.6) is 0 Å². The lowest BCUT2D eigenvalue weighted by molar-refractivity contribution is -0.113. The van der Waals surface area contributed by atoms with Crippen LogP contribution in [0.4, 0.5) is 5.69 Å². The average Bonchev–Trinajstić information content (AvgIpc) is 2.54. The van der Waals surface area contributed by atoms with E-state index in [4.69, 9.17) is 0 Å². The molecular formula is C19H24N2O3S2. The molecular weight excluding hydrogens is 368 g/mol. The third-order valence-corrected chi connectivity index (χ3v) is 6.10. The Balaban J connectivity index is 1.85. The molecule has 0 fully saturated rings. The number of anilines is 1. The average molecular weight is 393 g/mol. The molecule has 2 aromatic carbocycles. The first-order valence-corrected chi connectivity index (χ1v) is 11.0. The smallest absolute Gasteiger partial charge is 0.240 e. The van der Waals surface area contributed by atoms with Gasteiger partial charge in [0.15, 0.2) is 0 Å². The Morgan fingerprint density at radius 2 is 1.81 bits per heavy atom. The third-order valence-electron chi connectivity index (χ3n) is 3.42. The van der Waals surface area contributed by atoms with Crippen molar-refractivity contribution in [3.05, 3.63) is 59.7 Å². The van der Waals surface area contributed by atoms with Gasteiger partial charge in [-0.3, -0.25) is 4.79 Å². The molecule has 0 saturated heterocycles. The maximum absolute atomic E-state index is 12.1. The number of amides is 1. The van der Waals surface area contributed by atoms with E-state index in [1.807, 2.05) is 25.1 Å². The van der Waals surface area contributed by atoms with Crippen LogP contribution >= 0.6 is 11.8 Å². The summed E-state index contributed by atoms with van der Waals surface area (Å²) < 4.78 is 26.7. The lowest BCUT2D eigenvalue weighted by atomic mass is 10.2. The fraction of sp³-hybridized carbons (Fsp3) is 0.316. The van der Waals surface area contributed by atoms with Gasteiger partial charge in [0, 0.05) is 17.5 Å². The molecule has 7 heteroatoms. The maximum atomic E-state index is 12.1. The van der Waals surface area contributed by atoms with Crippen molar-refractivity contribution >= 4 is 33.4 Å². The monoisotopic (exact) mass is 392 g/mol. The van der Waals surface area contributed by atoms with Crippen LogP contribution in [0.25, 0.3) is 0 Å². The summed E-state index contributed by atoms with van der Waals surface area (Å²) >= 11 is 1.54. The highest BCUT2D eigenvalue weighted by atomic mass is 32.2. The number of carbonyl (C=O) groups is 1. The predicted octanol–water partition coefficient (Wildman–Crippen LogP) is 3.55. The highest BCUT2D eigenvalue weighted by Gasteiger charge is 2.15. The van der Waals surface area contributed by atoms with Crippen LogP contribution in [0.2, 0.25) is 0 Å². The molecule has 0 heterocycles. The molecule has 2 aromatic rings. The standard InChI is InChI=1S/C19H24N2O3S2/c1-14(2)21-26(23,24)18-9-7-17(8-10-18)20-19(22)13-25-12-16-6-4-5-15(3)11-16/h4-11,14,21H,12-13H2,1-3H3,(H,20,22). The van der Waals surface area contributed by atoms with E-state index in [2.05, 4.69) is 16.1 Å². The Labute approximate surface area is 159 Å². The van der Waals surface area contributed by atoms with Crippen LogP contribution in [0.1, 0.15) is 25.0 Å². The van der Waals surface area contributed by atoms with Crippen LogP contribution in [0.3, 0.4) is 0 Å². The Morgan fingerprint density at radius 1 is 1.12 bits per heavy atom. The molecule has 0 unspecified atom stereocenters. The number of thioether (sulfide) groups is 1. The zero-order valence-electron chi connectivity index (χ0n) is 15.2. The lowest BCUT2D eigenvalue weighted by Gasteiger charge is -2.10. The maximum Gasteiger partial charge on any atom is 0.240 e. The molecule has 1 amide bonds. The molecule has 0 atom stereocenters. The largest absolute Gasteiger partial charge is 0.325 e. The van der Waals surface area contributed by atoms with Gasteiger partial charge in [-0.05, 0) is 50.6 Å². The second-order valence-corrected chi connectivity index (χ2v) is 9.03. The molecule has 0 saturated carbocycles. The normalized spacial score (nSPS) is 11.5. The number of sulfonamides is 1. The molecule has 0 radical (unpaired) electrons. The number of hydrogen-bond acceptors (Lipinski definition) is 4. The molecule has 26 heavy (non-hydrogen) atoms. The second-order valence-electron chi connectivity index (χ2n) is 6.33. The number of benzene rings is 2. The van der Waals surface area contributed by atoms with Crippen molar-refractivity contribution < 1.29 is 13.2 Å². The molecule has 5 nitrogen and oxygen atoms in total. The highest BCUT2D eigenvalue weighted by Crippen LogP contribution is 2.16. The van der Waals surface area contributed by atoms with Gasteiger partial charge >= 0.3 is 0 Å². The summed E-state index contributed by atoms with van der Waals surface area (Å²) in [6.45, 7) is 5.57. The minimum absolute atomic E-state index is 0.112. The van der Waals surface area contributed by atoms with Gasteiger partial charge in [-0.2, -0.15) is 0 Å². The van der Waals surface area contributed by atoms with Crippen molar-refractivity contribution in [3.63, 3.8) is 0 Å². The van der Waals surface area contributed by atoms with E-state index >= 15 is 0 Å². The van der Waals surface area contributed by atoms with Gasteiger partial charge in [-0.15, -0.1) is 11.8 Å². The van der Waals surface area contributed by atoms with E-state index < -0.39 is 10.0 Å². The first kappa shape index (κ1) is 20.5. The van der Waals surface area contributed by atoms with Crippen LogP contribution in [-0.2, 0) is 20.6 Å². The molecule has 2 rings (SSSR count). The fourth-order valence-corrected chi connectivity index (χ4v) is 4.38. The third kappa shape index (κ3) is 6.48. The minimum Gasteiger partial charge on any atom is -0.325 e. The van der Waals surface area contributed by atoms with E-state index in [-0.39, 0.29) is 16.8 Å². The van der Waals surface area contributed by atoms with Gasteiger partial charge in [0.25, 0.3) is 0 Å². The number of hydrogen-bond donors (Lipinski definition) is 2. The van der Waals surface area contributed by atoms with Gasteiger partial charge < -0.3 is 5.32 Å². The van der Waals surface area contributed by atoms with E-state index in [9.17, 15) is 13.2 Å². The van der Waals surface area contributed by atoms with Crippen molar-refractivity contribution in [2.75, 3.05) is 11.1 Å². The molecule has 0 aromatic heterocycles. The van der Waals surface area contributed by atoms with E-state index in [1.54, 1.807) is 26.0 Å². The first-order valence-electron chi connectivity index (χ1n) is 8.32. The number of aryl methyl sites for hydroxylation is 1. The SMILES string of the molecule is Cc1cccc(CSCC(=O)Nc2ccc(S(=O)(=O)NC(C)C)cc2)c1. The van der Waals surface area contributed by atoms with Crippen molar-refractivity contribution in [3.8, 4) is 0 Å². The summed E-state index contributed by atoms with van der Waals surface area (Å²) in [5.41, 5.74) is 2.97. The van der Waals surface area contributed by atoms with Gasteiger partial charge in [-0.1, -0.05) is 29.8 Å². The lowest BCUT2D eigenvalue weighted by Crippen LogP contribution is -2.30. The number of rotatable bonds is 8. The summed E-state index contributed by atoms with van der Waals surface area (Å²) in [7, 11) is -3.52. The summed E-state index contributed by atoms with van der Waals surface area (Å²) in [4.78, 5) is 12.2. The van der Waals surface area contributed by atoms with Crippen LogP contribution in [0, 0.1) is 6.92 Å². The van der Waals surface area contributed by atoms with Crippen molar-refractivity contribution in [2.45, 2.75) is 37.5 Å². The van der Waals surface area contributed by atoms with Gasteiger partial charge in [0.05, 0.1) is 10.6 Å². The number of carbonyl (C=O) groups excluding carboxylic acids is 1. The van der Waals surface area contributed by atoms with E-state index in [1.165, 1.54) is 35.0 Å². The van der Waals surface area contributed by atoms with E-state index in [0.717, 1.165) is 5.75 Å². The second kappa shape index (κ2) is 9.21. The van der Waals surface area contributed by atoms with Crippen molar-refractivity contribution in [1.82, 2.24) is 4.72 Å².